The summed E-state index contributed by atoms with van der Waals surface area (Å²) in [7, 11) is -3.30. The molecule has 0 fully saturated rings. The monoisotopic (exact) mass is 417 g/mol. The fourth-order valence-corrected chi connectivity index (χ4v) is 4.88. The lowest BCUT2D eigenvalue weighted by Gasteiger charge is -2.26. The average molecular weight is 418 g/mol. The standard InChI is InChI=1S/C18H16ClN5O3S/c19-13-7-5-12(6-8-13)18-21-23-24(22-18)11-17(25)20-15-9-10-28(26,27)16-4-2-1-3-14(15)16/h1-8,15H,9-11H2,(H,20,25). The SMILES string of the molecule is O=C(Cn1nnc(-c2ccc(Cl)cc2)n1)NC1CCS(=O)(=O)c2ccccc21. The predicted molar refractivity (Wildman–Crippen MR) is 102 cm³/mol. The molecule has 0 saturated carbocycles. The number of nitrogens with one attached hydrogen (secondary N) is 1. The zero-order chi connectivity index (χ0) is 19.7. The minimum atomic E-state index is -3.30. The molecule has 1 aliphatic rings. The van der Waals surface area contributed by atoms with Gasteiger partial charge in [0.1, 0.15) is 6.54 Å². The minimum Gasteiger partial charge on any atom is -0.348 e. The predicted octanol–water partition coefficient (Wildman–Crippen LogP) is 2.03. The molecule has 1 unspecified atom stereocenters. The molecule has 0 spiro atoms. The molecule has 1 aromatic heterocycles. The summed E-state index contributed by atoms with van der Waals surface area (Å²) in [6.45, 7) is -0.119. The summed E-state index contributed by atoms with van der Waals surface area (Å²) in [4.78, 5) is 13.9. The van der Waals surface area contributed by atoms with Gasteiger partial charge >= 0.3 is 0 Å². The van der Waals surface area contributed by atoms with E-state index in [0.717, 1.165) is 5.56 Å². The first-order valence-electron chi connectivity index (χ1n) is 8.57. The van der Waals surface area contributed by atoms with Crippen LogP contribution in [0.2, 0.25) is 5.02 Å². The summed E-state index contributed by atoms with van der Waals surface area (Å²) in [6, 6.07) is 13.3. The highest BCUT2D eigenvalue weighted by atomic mass is 35.5. The highest BCUT2D eigenvalue weighted by Crippen LogP contribution is 2.31. The number of sulfone groups is 1. The lowest BCUT2D eigenvalue weighted by molar-refractivity contribution is -0.122. The first kappa shape index (κ1) is 18.6. The Labute approximate surface area is 166 Å². The number of rotatable bonds is 4. The molecule has 1 N–H and O–H groups in total. The van der Waals surface area contributed by atoms with E-state index in [2.05, 4.69) is 20.7 Å². The van der Waals surface area contributed by atoms with Gasteiger partial charge in [-0.1, -0.05) is 29.8 Å². The van der Waals surface area contributed by atoms with Gasteiger partial charge in [-0.05, 0) is 47.5 Å². The molecular weight excluding hydrogens is 402 g/mol. The Morgan fingerprint density at radius 2 is 1.93 bits per heavy atom. The van der Waals surface area contributed by atoms with E-state index >= 15 is 0 Å². The van der Waals surface area contributed by atoms with Crippen molar-refractivity contribution in [2.24, 2.45) is 0 Å². The number of carbonyl (C=O) groups is 1. The highest BCUT2D eigenvalue weighted by Gasteiger charge is 2.30. The molecule has 8 nitrogen and oxygen atoms in total. The Morgan fingerprint density at radius 3 is 2.71 bits per heavy atom. The molecule has 3 aromatic rings. The van der Waals surface area contributed by atoms with Gasteiger partial charge in [0, 0.05) is 10.6 Å². The molecule has 1 amide bonds. The van der Waals surface area contributed by atoms with Crippen molar-refractivity contribution in [1.82, 2.24) is 25.5 Å². The van der Waals surface area contributed by atoms with Crippen LogP contribution < -0.4 is 5.32 Å². The smallest absolute Gasteiger partial charge is 0.244 e. The van der Waals surface area contributed by atoms with Crippen molar-refractivity contribution >= 4 is 27.3 Å². The van der Waals surface area contributed by atoms with Crippen molar-refractivity contribution in [1.29, 1.82) is 0 Å². The van der Waals surface area contributed by atoms with Crippen LogP contribution in [0.1, 0.15) is 18.0 Å². The maximum absolute atomic E-state index is 12.4. The van der Waals surface area contributed by atoms with Crippen LogP contribution >= 0.6 is 11.6 Å². The molecule has 1 atom stereocenters. The number of benzene rings is 2. The number of tetrazole rings is 1. The number of aromatic nitrogens is 4. The molecule has 2 aromatic carbocycles. The molecule has 0 saturated heterocycles. The third kappa shape index (κ3) is 3.76. The van der Waals surface area contributed by atoms with E-state index in [-0.39, 0.29) is 29.1 Å². The summed E-state index contributed by atoms with van der Waals surface area (Å²) in [5.74, 6) is 0.0646. The number of carbonyl (C=O) groups excluding carboxylic acids is 1. The van der Waals surface area contributed by atoms with Crippen LogP contribution in [-0.4, -0.2) is 40.3 Å². The Hall–Kier alpha value is -2.78. The van der Waals surface area contributed by atoms with E-state index in [1.165, 1.54) is 4.80 Å². The van der Waals surface area contributed by atoms with Crippen molar-refractivity contribution < 1.29 is 13.2 Å². The van der Waals surface area contributed by atoms with Crippen LogP contribution in [0, 0.1) is 0 Å². The number of halogens is 1. The molecule has 10 heteroatoms. The largest absolute Gasteiger partial charge is 0.348 e. The fourth-order valence-electron chi connectivity index (χ4n) is 3.13. The van der Waals surface area contributed by atoms with E-state index in [0.29, 0.717) is 22.8 Å². The fraction of sp³-hybridized carbons (Fsp3) is 0.222. The van der Waals surface area contributed by atoms with Crippen LogP contribution in [0.5, 0.6) is 0 Å². The minimum absolute atomic E-state index is 0.00273. The first-order chi connectivity index (χ1) is 13.4. The Morgan fingerprint density at radius 1 is 1.18 bits per heavy atom. The zero-order valence-corrected chi connectivity index (χ0v) is 16.2. The van der Waals surface area contributed by atoms with E-state index < -0.39 is 9.84 Å². The molecule has 2 heterocycles. The lowest BCUT2D eigenvalue weighted by Crippen LogP contribution is -2.36. The second-order valence-corrected chi connectivity index (χ2v) is 8.93. The van der Waals surface area contributed by atoms with E-state index in [4.69, 9.17) is 11.6 Å². The Kier molecular flexibility index (Phi) is 4.86. The van der Waals surface area contributed by atoms with Crippen LogP contribution in [0.25, 0.3) is 11.4 Å². The number of nitrogens with zero attached hydrogens (tertiary/aromatic N) is 4. The van der Waals surface area contributed by atoms with E-state index in [1.807, 2.05) is 0 Å². The molecule has 1 aliphatic heterocycles. The van der Waals surface area contributed by atoms with Crippen LogP contribution in [-0.2, 0) is 21.2 Å². The highest BCUT2D eigenvalue weighted by molar-refractivity contribution is 7.91. The number of hydrogen-bond donors (Lipinski definition) is 1. The average Bonchev–Trinajstić information content (AvgIpc) is 3.13. The van der Waals surface area contributed by atoms with Gasteiger partial charge < -0.3 is 5.32 Å². The number of fused-ring (bicyclic) bond motifs is 1. The summed E-state index contributed by atoms with van der Waals surface area (Å²) < 4.78 is 24.4. The lowest BCUT2D eigenvalue weighted by atomic mass is 10.0. The second-order valence-electron chi connectivity index (χ2n) is 6.42. The van der Waals surface area contributed by atoms with Gasteiger partial charge in [0.25, 0.3) is 0 Å². The summed E-state index contributed by atoms with van der Waals surface area (Å²) >= 11 is 5.87. The Bertz CT molecular complexity index is 1130. The summed E-state index contributed by atoms with van der Waals surface area (Å²) in [5, 5.41) is 15.5. The molecule has 0 radical (unpaired) electrons. The van der Waals surface area contributed by atoms with Gasteiger partial charge in [0.05, 0.1) is 16.7 Å². The first-order valence-corrected chi connectivity index (χ1v) is 10.6. The van der Waals surface area contributed by atoms with Crippen LogP contribution in [0.15, 0.2) is 53.4 Å². The second kappa shape index (κ2) is 7.33. The van der Waals surface area contributed by atoms with Crippen LogP contribution in [0.3, 0.4) is 0 Å². The van der Waals surface area contributed by atoms with Crippen molar-refractivity contribution in [2.45, 2.75) is 23.9 Å². The van der Waals surface area contributed by atoms with Gasteiger partial charge in [-0.2, -0.15) is 4.80 Å². The summed E-state index contributed by atoms with van der Waals surface area (Å²) in [6.07, 6.45) is 0.325. The maximum Gasteiger partial charge on any atom is 0.244 e. The normalized spacial score (nSPS) is 17.7. The Balaban J connectivity index is 1.46. The van der Waals surface area contributed by atoms with Gasteiger partial charge in [-0.15, -0.1) is 10.2 Å². The van der Waals surface area contributed by atoms with Gasteiger partial charge in [-0.25, -0.2) is 8.42 Å². The maximum atomic E-state index is 12.4. The topological polar surface area (TPSA) is 107 Å². The number of amides is 1. The molecule has 0 aliphatic carbocycles. The van der Waals surface area contributed by atoms with Crippen molar-refractivity contribution in [2.75, 3.05) is 5.75 Å². The van der Waals surface area contributed by atoms with Gasteiger partial charge in [0.15, 0.2) is 9.84 Å². The zero-order valence-electron chi connectivity index (χ0n) is 14.6. The van der Waals surface area contributed by atoms with Gasteiger partial charge in [0.2, 0.25) is 11.7 Å². The molecule has 28 heavy (non-hydrogen) atoms. The third-order valence-corrected chi connectivity index (χ3v) is 6.55. The van der Waals surface area contributed by atoms with Crippen molar-refractivity contribution in [3.63, 3.8) is 0 Å². The molecule has 4 rings (SSSR count). The van der Waals surface area contributed by atoms with Crippen LogP contribution in [0.4, 0.5) is 0 Å². The summed E-state index contributed by atoms with van der Waals surface area (Å²) in [5.41, 5.74) is 1.35. The number of hydrogen-bond acceptors (Lipinski definition) is 6. The van der Waals surface area contributed by atoms with Crippen molar-refractivity contribution in [3.05, 3.63) is 59.1 Å². The molecule has 144 valence electrons. The van der Waals surface area contributed by atoms with E-state index in [9.17, 15) is 13.2 Å². The van der Waals surface area contributed by atoms with Crippen molar-refractivity contribution in [3.8, 4) is 11.4 Å². The molecular formula is C18H16ClN5O3S. The third-order valence-electron chi connectivity index (χ3n) is 4.48. The van der Waals surface area contributed by atoms with Gasteiger partial charge in [-0.3, -0.25) is 4.79 Å². The van der Waals surface area contributed by atoms with E-state index in [1.54, 1.807) is 48.5 Å². The molecule has 0 bridgehead atoms. The quantitative estimate of drug-likeness (QED) is 0.696.